The maximum absolute atomic E-state index is 14.5. The van der Waals surface area contributed by atoms with Crippen LogP contribution in [-0.4, -0.2) is 148 Å². The lowest BCUT2D eigenvalue weighted by Gasteiger charge is -2.29. The molecular weight excluding hydrogens is 1120 g/mol. The van der Waals surface area contributed by atoms with Crippen LogP contribution in [0.1, 0.15) is 141 Å². The predicted octanol–water partition coefficient (Wildman–Crippen LogP) is -0.995. The summed E-state index contributed by atoms with van der Waals surface area (Å²) in [6.45, 7) is 9.88. The van der Waals surface area contributed by atoms with Crippen molar-refractivity contribution in [3.05, 3.63) is 69.8 Å². The molecule has 0 aliphatic rings. The largest absolute Gasteiger partial charge is 0.481 e. The molecule has 30 nitrogen and oxygen atoms in total. The number of hydrogen-bond acceptors (Lipinski definition) is 16. The van der Waals surface area contributed by atoms with E-state index in [0.717, 1.165) is 12.1 Å². The van der Waals surface area contributed by atoms with Crippen LogP contribution in [0.15, 0.2) is 53.5 Å². The van der Waals surface area contributed by atoms with E-state index >= 15 is 0 Å². The third-order valence-electron chi connectivity index (χ3n) is 13.6. The molecule has 0 aliphatic heterocycles. The number of nitrogens with zero attached hydrogens (tertiary/aromatic N) is 2. The van der Waals surface area contributed by atoms with Crippen molar-refractivity contribution in [2.75, 3.05) is 18.8 Å². The third kappa shape index (κ3) is 26.3. The fraction of sp³-hybridized carbons (Fsp3) is 0.571. The highest BCUT2D eigenvalue weighted by Gasteiger charge is 2.36. The monoisotopic (exact) mass is 1210 g/mol. The number of hydrogen-bond donors (Lipinski definition) is 15. The molecule has 9 unspecified atom stereocenters. The zero-order valence-electron chi connectivity index (χ0n) is 49.7. The zero-order valence-corrected chi connectivity index (χ0v) is 49.7. The quantitative estimate of drug-likeness (QED) is 0.00951. The van der Waals surface area contributed by atoms with Crippen LogP contribution in [0.2, 0.25) is 0 Å². The van der Waals surface area contributed by atoms with Gasteiger partial charge in [0, 0.05) is 37.2 Å². The second kappa shape index (κ2) is 38.1. The van der Waals surface area contributed by atoms with Crippen molar-refractivity contribution in [3.8, 4) is 0 Å². The number of rotatable bonds is 40. The number of primary amides is 1. The van der Waals surface area contributed by atoms with E-state index in [-0.39, 0.29) is 73.5 Å². The normalized spacial score (nSPS) is 14.1. The second-order valence-electron chi connectivity index (χ2n) is 21.1. The number of guanidine groups is 1. The molecule has 10 amide bonds. The van der Waals surface area contributed by atoms with Gasteiger partial charge in [-0.3, -0.25) is 67.8 Å². The second-order valence-corrected chi connectivity index (χ2v) is 21.1. The van der Waals surface area contributed by atoms with E-state index in [2.05, 4.69) is 52.8 Å². The van der Waals surface area contributed by atoms with Crippen molar-refractivity contribution < 1.29 is 62.8 Å². The van der Waals surface area contributed by atoms with Crippen molar-refractivity contribution in [2.24, 2.45) is 33.8 Å². The summed E-state index contributed by atoms with van der Waals surface area (Å²) in [5.41, 5.74) is 28.5. The number of benzene rings is 2. The number of para-hydroxylation sites is 1. The number of nitrogens with one attached hydrogen (secondary N) is 9. The van der Waals surface area contributed by atoms with Crippen LogP contribution < -0.4 is 76.5 Å². The van der Waals surface area contributed by atoms with E-state index in [9.17, 15) is 68.0 Å². The summed E-state index contributed by atoms with van der Waals surface area (Å²) in [4.78, 5) is 164. The van der Waals surface area contributed by atoms with Crippen LogP contribution in [0.5, 0.6) is 0 Å². The van der Waals surface area contributed by atoms with Gasteiger partial charge in [-0.15, -0.1) is 0 Å². The van der Waals surface area contributed by atoms with Crippen molar-refractivity contribution in [3.63, 3.8) is 0 Å². The van der Waals surface area contributed by atoms with Crippen molar-refractivity contribution >= 4 is 82.4 Å². The summed E-state index contributed by atoms with van der Waals surface area (Å²) < 4.78 is 0. The van der Waals surface area contributed by atoms with Crippen LogP contribution in [0.25, 0.3) is 0 Å². The summed E-state index contributed by atoms with van der Waals surface area (Å²) in [5, 5.41) is 44.2. The number of carboxylic acid groups (broad SMARTS) is 1. The van der Waals surface area contributed by atoms with Crippen LogP contribution >= 0.6 is 0 Å². The molecule has 2 aromatic rings. The molecule has 0 saturated carbocycles. The molecule has 0 saturated heterocycles. The van der Waals surface area contributed by atoms with Gasteiger partial charge in [0.15, 0.2) is 5.96 Å². The average Bonchev–Trinajstić information content (AvgIpc) is 3.45. The Kier molecular flexibility index (Phi) is 32.4. The van der Waals surface area contributed by atoms with Crippen LogP contribution in [0.3, 0.4) is 0 Å². The van der Waals surface area contributed by atoms with Gasteiger partial charge in [-0.05, 0) is 95.4 Å². The average molecular weight is 1210 g/mol. The van der Waals surface area contributed by atoms with E-state index in [1.807, 2.05) is 13.8 Å². The zero-order chi connectivity index (χ0) is 64.6. The van der Waals surface area contributed by atoms with Gasteiger partial charge in [-0.25, -0.2) is 0 Å². The SMILES string of the molecule is CCCCC(NC(=O)C(C)NC(=O)C(CCC(=O)O)NC(=O)C(Cc1ccc([N+](=O)[O-])cc1)NC(=O)C(CCCC)NC(=O)C(NC(=O)C(CCCN=C(N)N)NC(=O)C(C)NC(=O)C(CCCCN)NC(=O)c1ccccc1N)C(C)C)C(N)=O. The molecule has 2 rings (SSSR count). The smallest absolute Gasteiger partial charge is 0.303 e. The first kappa shape index (κ1) is 73.1. The number of nitrogen functional groups attached to an aromatic ring is 1. The Bertz CT molecular complexity index is 2670. The molecule has 0 aliphatic carbocycles. The Morgan fingerprint density at radius 3 is 1.51 bits per heavy atom. The summed E-state index contributed by atoms with van der Waals surface area (Å²) in [5.74, 6) is -10.7. The van der Waals surface area contributed by atoms with Crippen LogP contribution in [0.4, 0.5) is 11.4 Å². The van der Waals surface area contributed by atoms with Gasteiger partial charge in [-0.2, -0.15) is 0 Å². The first-order chi connectivity index (χ1) is 40.6. The van der Waals surface area contributed by atoms with Gasteiger partial charge in [-0.1, -0.05) is 77.6 Å². The summed E-state index contributed by atoms with van der Waals surface area (Å²) >= 11 is 0. The molecule has 0 bridgehead atoms. The fourth-order valence-electron chi connectivity index (χ4n) is 8.53. The molecule has 2 aromatic carbocycles. The summed E-state index contributed by atoms with van der Waals surface area (Å²) in [6.07, 6.45) is 2.00. The molecule has 0 radical (unpaired) electrons. The van der Waals surface area contributed by atoms with Crippen LogP contribution in [-0.2, 0) is 54.4 Å². The van der Waals surface area contributed by atoms with Gasteiger partial charge in [0.25, 0.3) is 11.6 Å². The summed E-state index contributed by atoms with van der Waals surface area (Å²) in [7, 11) is 0. The molecule has 0 spiro atoms. The topological polar surface area (TPSA) is 502 Å². The van der Waals surface area contributed by atoms with Crippen molar-refractivity contribution in [1.82, 2.24) is 47.9 Å². The van der Waals surface area contributed by atoms with E-state index in [1.165, 1.54) is 38.1 Å². The highest BCUT2D eigenvalue weighted by Crippen LogP contribution is 2.16. The molecule has 9 atom stereocenters. The highest BCUT2D eigenvalue weighted by atomic mass is 16.6. The van der Waals surface area contributed by atoms with E-state index in [0.29, 0.717) is 45.1 Å². The molecule has 0 fully saturated rings. The van der Waals surface area contributed by atoms with Gasteiger partial charge >= 0.3 is 5.97 Å². The van der Waals surface area contributed by atoms with Gasteiger partial charge in [0.05, 0.1) is 10.5 Å². The minimum atomic E-state index is -1.63. The van der Waals surface area contributed by atoms with Crippen molar-refractivity contribution in [2.45, 2.75) is 186 Å². The molecule has 0 heterocycles. The maximum Gasteiger partial charge on any atom is 0.303 e. The maximum atomic E-state index is 14.5. The minimum Gasteiger partial charge on any atom is -0.481 e. The lowest BCUT2D eigenvalue weighted by molar-refractivity contribution is -0.384. The predicted molar refractivity (Wildman–Crippen MR) is 318 cm³/mol. The molecule has 86 heavy (non-hydrogen) atoms. The number of nitro benzene ring substituents is 1. The number of nitro groups is 1. The number of anilines is 1. The third-order valence-corrected chi connectivity index (χ3v) is 13.6. The number of nitrogens with two attached hydrogens (primary N) is 5. The van der Waals surface area contributed by atoms with Gasteiger partial charge in [0.2, 0.25) is 53.2 Å². The number of carbonyl (C=O) groups excluding carboxylic acids is 10. The Balaban J connectivity index is 2.47. The first-order valence-corrected chi connectivity index (χ1v) is 28.7. The van der Waals surface area contributed by atoms with Gasteiger partial charge in [0.1, 0.15) is 54.4 Å². The molecule has 476 valence electrons. The molecule has 20 N–H and O–H groups in total. The Morgan fingerprint density at radius 2 is 1.00 bits per heavy atom. The number of carbonyl (C=O) groups is 11. The number of aliphatic carboxylic acids is 1. The molecule has 30 heteroatoms. The number of amides is 10. The number of carboxylic acids is 1. The standard InChI is InChI=1S/C56H88N16O14/c1-7-9-18-38(46(59)75)65-47(76)32(5)64-51(80)42(26-27-44(73)74)68-54(83)43(30-34-22-24-35(25-23-34)72(85)86)70-52(81)39(19-10-8-2)69-55(84)45(31(3)4)71-53(82)41(21-15-29-62-56(60)61)66-48(77)33(6)63-50(79)40(20-13-14-28-57)67-49(78)36-16-11-12-17-37(36)58/h11-12,16-17,22-25,31-33,38-43,45H,7-10,13-15,18-21,26-30,57-58H2,1-6H3,(H2,59,75)(H,63,79)(H,64,80)(H,65,76)(H,66,77)(H,67,78)(H,68,83)(H,69,84)(H,70,81)(H,71,82)(H,73,74)(H4,60,61,62). The van der Waals surface area contributed by atoms with Crippen molar-refractivity contribution in [1.29, 1.82) is 0 Å². The number of unbranched alkanes of at least 4 members (excludes halogenated alkanes) is 3. The van der Waals surface area contributed by atoms with E-state index in [4.69, 9.17) is 28.7 Å². The highest BCUT2D eigenvalue weighted by molar-refractivity contribution is 6.02. The Morgan fingerprint density at radius 1 is 0.547 bits per heavy atom. The lowest BCUT2D eigenvalue weighted by atomic mass is 10.00. The number of aliphatic imine (C=N–C) groups is 1. The number of non-ortho nitro benzene ring substituents is 1. The van der Waals surface area contributed by atoms with Gasteiger partial charge < -0.3 is 81.6 Å². The fourth-order valence-corrected chi connectivity index (χ4v) is 8.53. The molecule has 0 aromatic heterocycles. The Hall–Kier alpha value is -8.96. The Labute approximate surface area is 499 Å². The van der Waals surface area contributed by atoms with E-state index in [1.54, 1.807) is 26.0 Å². The summed E-state index contributed by atoms with van der Waals surface area (Å²) in [6, 6.07) is -0.923. The minimum absolute atomic E-state index is 0.0116. The lowest BCUT2D eigenvalue weighted by Crippen LogP contribution is -2.61. The molecular formula is C56H88N16O14. The van der Waals surface area contributed by atoms with E-state index < -0.39 is 143 Å². The first-order valence-electron chi connectivity index (χ1n) is 28.7. The van der Waals surface area contributed by atoms with Crippen LogP contribution in [0, 0.1) is 16.0 Å².